The van der Waals surface area contributed by atoms with Crippen LogP contribution in [-0.2, 0) is 0 Å². The van der Waals surface area contributed by atoms with Gasteiger partial charge in [0.05, 0.1) is 0 Å². The van der Waals surface area contributed by atoms with E-state index in [2.05, 4.69) is 0 Å². The van der Waals surface area contributed by atoms with Crippen LogP contribution in [0.3, 0.4) is 0 Å². The second-order valence-corrected chi connectivity index (χ2v) is 0.391. The topological polar surface area (TPSA) is 179 Å². The molecule has 0 rings (SSSR count). The van der Waals surface area contributed by atoms with Gasteiger partial charge in [0.15, 0.2) is 0 Å². The molecule has 3 N–H and O–H groups in total. The molecular weight excluding hydrogens is 222 g/mol. The van der Waals surface area contributed by atoms with E-state index in [1.807, 2.05) is 0 Å². The molecule has 0 radical (unpaired) electrons. The smallest absolute Gasteiger partial charge is 0.812 e. The van der Waals surface area contributed by atoms with E-state index in [0.29, 0.717) is 6.26 Å². The fourth-order valence-electron chi connectivity index (χ4n) is 0. The van der Waals surface area contributed by atoms with Crippen molar-refractivity contribution < 1.29 is 50.0 Å². The van der Waals surface area contributed by atoms with Crippen molar-refractivity contribution >= 4 is 9.90 Å². The Kier molecular flexibility index (Phi) is 539. The van der Waals surface area contributed by atoms with Gasteiger partial charge < -0.3 is 20.4 Å². The summed E-state index contributed by atoms with van der Waals surface area (Å²) in [5, 5.41) is 56.2. The van der Waals surface area contributed by atoms with Crippen LogP contribution in [0.4, 0.5) is 0 Å². The van der Waals surface area contributed by atoms with Crippen molar-refractivity contribution in [1.82, 2.24) is 0 Å². The first-order chi connectivity index (χ1) is 5.66. The normalized spacial score (nSPS) is 2.00. The number of aliphatic hydroxyl groups is 3. The van der Waals surface area contributed by atoms with Crippen molar-refractivity contribution in [3.8, 4) is 25.0 Å². The molecule has 1 atom stereocenters. The number of nitriles is 4. The number of rotatable bonds is 0. The van der Waals surface area contributed by atoms with E-state index in [-0.39, 0.29) is 39.5 Å². The summed E-state index contributed by atoms with van der Waals surface area (Å²) in [6, 6.07) is 0. The summed E-state index contributed by atoms with van der Waals surface area (Å²) in [5.41, 5.74) is 0. The molecule has 0 heterocycles. The van der Waals surface area contributed by atoms with Crippen molar-refractivity contribution in [3.63, 3.8) is 0 Å². The molecule has 0 spiro atoms. The van der Waals surface area contributed by atoms with Crippen molar-refractivity contribution in [2.75, 3.05) is 0 Å². The van der Waals surface area contributed by atoms with E-state index < -0.39 is 0 Å². The first-order valence-corrected chi connectivity index (χ1v) is 1.77. The first-order valence-electron chi connectivity index (χ1n) is 1.77. The molecule has 0 aromatic heterocycles. The number of hydrogen-bond acceptors (Lipinski definition) is 8. The van der Waals surface area contributed by atoms with Crippen LogP contribution in [0.5, 0.6) is 0 Å². The molecule has 0 bridgehead atoms. The summed E-state index contributed by atoms with van der Waals surface area (Å²) in [6.07, 6.45) is 2.75. The predicted octanol–water partition coefficient (Wildman–Crippen LogP) is -4.59. The van der Waals surface area contributed by atoms with Crippen molar-refractivity contribution in [3.05, 3.63) is 0 Å². The zero-order chi connectivity index (χ0) is 10.8. The van der Waals surface area contributed by atoms with Crippen molar-refractivity contribution in [2.24, 2.45) is 0 Å². The quantitative estimate of drug-likeness (QED) is 0.210. The van der Waals surface area contributed by atoms with E-state index in [1.165, 1.54) is 0 Å². The second kappa shape index (κ2) is 194. The van der Waals surface area contributed by atoms with E-state index in [4.69, 9.17) is 41.5 Å². The Hall–Kier alpha value is -1.41. The molecular formula is C4H6N4NaO4P. The van der Waals surface area contributed by atoms with Gasteiger partial charge in [-0.3, -0.25) is 0 Å². The molecule has 1 unspecified atom stereocenters. The van der Waals surface area contributed by atoms with E-state index in [9.17, 15) is 0 Å². The summed E-state index contributed by atoms with van der Waals surface area (Å²) in [6.45, 7) is 0. The third kappa shape index (κ3) is 490. The average molecular weight is 228 g/mol. The molecule has 0 saturated carbocycles. The molecule has 0 aromatic rings. The third-order valence-electron chi connectivity index (χ3n) is 0. The van der Waals surface area contributed by atoms with Gasteiger partial charge in [-0.2, -0.15) is 25.7 Å². The zero-order valence-electron chi connectivity index (χ0n) is 7.25. The molecule has 0 aromatic carbocycles. The minimum atomic E-state index is 0. The van der Waals surface area contributed by atoms with Gasteiger partial charge in [0.1, 0.15) is 0 Å². The van der Waals surface area contributed by atoms with Gasteiger partial charge >= 0.3 is 29.6 Å². The molecule has 0 aliphatic carbocycles. The van der Waals surface area contributed by atoms with Crippen LogP contribution < -0.4 is 34.7 Å². The van der Waals surface area contributed by atoms with Gasteiger partial charge in [-0.1, -0.05) is 0 Å². The van der Waals surface area contributed by atoms with Gasteiger partial charge in [0.25, 0.3) is 18.8 Å². The van der Waals surface area contributed by atoms with Crippen LogP contribution in [0, 0.1) is 46.1 Å². The van der Waals surface area contributed by atoms with E-state index >= 15 is 0 Å². The standard InChI is InChI=1S/4CHNO.Na.H3P/c4*2-1-3;;/h4*3H;;1H3/q;;;;+1;/p-1. The molecule has 8 nitrogen and oxygen atoms in total. The Labute approximate surface area is 106 Å². The van der Waals surface area contributed by atoms with Crippen LogP contribution in [-0.4, -0.2) is 15.3 Å². The summed E-state index contributed by atoms with van der Waals surface area (Å²) in [7, 11) is 0. The Bertz CT molecular complexity index is 163. The molecule has 0 aliphatic rings. The Morgan fingerprint density at radius 3 is 0.786 bits per heavy atom. The molecule has 14 heavy (non-hydrogen) atoms. The SMILES string of the molecule is N#CO.N#CO.N#CO.N#C[O-].P.[Na+]. The monoisotopic (exact) mass is 228 g/mol. The molecule has 0 aliphatic heterocycles. The van der Waals surface area contributed by atoms with Gasteiger partial charge in [-0.15, -0.1) is 0 Å². The largest absolute Gasteiger partial charge is 1.00 e. The van der Waals surface area contributed by atoms with E-state index in [1.54, 1.807) is 0 Å². The second-order valence-electron chi connectivity index (χ2n) is 0.391. The maximum Gasteiger partial charge on any atom is 1.00 e. The van der Waals surface area contributed by atoms with Gasteiger partial charge in [-0.25, -0.2) is 5.26 Å². The van der Waals surface area contributed by atoms with Gasteiger partial charge in [0.2, 0.25) is 0 Å². The van der Waals surface area contributed by atoms with Gasteiger partial charge in [0, 0.05) is 6.26 Å². The van der Waals surface area contributed by atoms with Gasteiger partial charge in [-0.05, 0) is 0 Å². The first kappa shape index (κ1) is 38.9. The number of hydrogen-bond donors (Lipinski definition) is 3. The fourth-order valence-corrected chi connectivity index (χ4v) is 0. The summed E-state index contributed by atoms with van der Waals surface area (Å²) in [5.74, 6) is 0. The summed E-state index contributed by atoms with van der Waals surface area (Å²) >= 11 is 0. The molecule has 72 valence electrons. The average Bonchev–Trinajstić information content (AvgIpc) is 1.92. The predicted molar refractivity (Wildman–Crippen MR) is 39.4 cm³/mol. The van der Waals surface area contributed by atoms with Crippen LogP contribution >= 0.6 is 9.90 Å². The molecule has 0 fully saturated rings. The Morgan fingerprint density at radius 1 is 0.786 bits per heavy atom. The van der Waals surface area contributed by atoms with E-state index in [0.717, 1.165) is 18.8 Å². The van der Waals surface area contributed by atoms with Crippen molar-refractivity contribution in [2.45, 2.75) is 0 Å². The van der Waals surface area contributed by atoms with Crippen LogP contribution in [0.2, 0.25) is 0 Å². The molecule has 0 amide bonds. The van der Waals surface area contributed by atoms with Crippen LogP contribution in [0.25, 0.3) is 0 Å². The molecule has 10 heteroatoms. The number of nitrogens with zero attached hydrogens (tertiary/aromatic N) is 4. The fraction of sp³-hybridized carbons (Fsp3) is 0. The summed E-state index contributed by atoms with van der Waals surface area (Å²) in [4.78, 5) is 0. The minimum Gasteiger partial charge on any atom is -0.812 e. The Morgan fingerprint density at radius 2 is 0.786 bits per heavy atom. The molecule has 0 saturated heterocycles. The Balaban J connectivity index is -0.0000000145. The summed E-state index contributed by atoms with van der Waals surface area (Å²) < 4.78 is 0. The van der Waals surface area contributed by atoms with Crippen molar-refractivity contribution in [1.29, 1.82) is 21.0 Å². The minimum absolute atomic E-state index is 0. The van der Waals surface area contributed by atoms with Crippen LogP contribution in [0.1, 0.15) is 0 Å². The third-order valence-corrected chi connectivity index (χ3v) is 0. The maximum absolute atomic E-state index is 8.24. The number of aliphatic hydroxyl groups excluding tert-OH is 3. The van der Waals surface area contributed by atoms with Crippen LogP contribution in [0.15, 0.2) is 0 Å². The zero-order valence-corrected chi connectivity index (χ0v) is 10.7. The maximum atomic E-state index is 8.24.